The van der Waals surface area contributed by atoms with Gasteiger partial charge >= 0.3 is 0 Å². The van der Waals surface area contributed by atoms with E-state index in [2.05, 4.69) is 24.3 Å². The Hall–Kier alpha value is -1.05. The Kier molecular flexibility index (Phi) is 3.59. The van der Waals surface area contributed by atoms with Crippen LogP contribution in [-0.4, -0.2) is 23.4 Å². The standard InChI is InChI=1S/C13H19NO/c15-13-11-12-9-7-5-3-1-2-4-6-8-10-14(12)13/h3-6,12H,1-2,7-11H2. The Bertz CT molecular complexity index is 280. The second-order valence-electron chi connectivity index (χ2n) is 4.33. The Labute approximate surface area is 91.6 Å². The van der Waals surface area contributed by atoms with Crippen LogP contribution in [0.1, 0.15) is 38.5 Å². The maximum absolute atomic E-state index is 11.4. The minimum absolute atomic E-state index is 0.342. The van der Waals surface area contributed by atoms with Gasteiger partial charge in [0.1, 0.15) is 0 Å². The van der Waals surface area contributed by atoms with Gasteiger partial charge in [0.25, 0.3) is 0 Å². The fraction of sp³-hybridized carbons (Fsp3) is 0.615. The molecule has 1 amide bonds. The highest BCUT2D eigenvalue weighted by molar-refractivity contribution is 5.83. The Morgan fingerprint density at radius 1 is 1.00 bits per heavy atom. The summed E-state index contributed by atoms with van der Waals surface area (Å²) in [6, 6.07) is 0.523. The lowest BCUT2D eigenvalue weighted by molar-refractivity contribution is -0.146. The van der Waals surface area contributed by atoms with E-state index in [1.54, 1.807) is 0 Å². The Morgan fingerprint density at radius 3 is 2.40 bits per heavy atom. The van der Waals surface area contributed by atoms with E-state index in [9.17, 15) is 4.79 Å². The second kappa shape index (κ2) is 5.15. The third kappa shape index (κ3) is 2.71. The van der Waals surface area contributed by atoms with Crippen molar-refractivity contribution >= 4 is 5.91 Å². The van der Waals surface area contributed by atoms with Crippen molar-refractivity contribution in [1.29, 1.82) is 0 Å². The molecule has 0 bridgehead atoms. The number of hydrogen-bond acceptors (Lipinski definition) is 1. The first-order valence-corrected chi connectivity index (χ1v) is 5.97. The van der Waals surface area contributed by atoms with Gasteiger partial charge in [0, 0.05) is 19.0 Å². The second-order valence-corrected chi connectivity index (χ2v) is 4.33. The summed E-state index contributed by atoms with van der Waals surface area (Å²) in [7, 11) is 0. The van der Waals surface area contributed by atoms with E-state index in [1.165, 1.54) is 0 Å². The van der Waals surface area contributed by atoms with Crippen LogP contribution < -0.4 is 0 Å². The number of carbonyl (C=O) groups excluding carboxylic acids is 1. The molecule has 2 nitrogen and oxygen atoms in total. The number of rotatable bonds is 0. The molecule has 0 N–H and O–H groups in total. The molecule has 2 aliphatic heterocycles. The van der Waals surface area contributed by atoms with E-state index < -0.39 is 0 Å². The van der Waals surface area contributed by atoms with Crippen LogP contribution in [0.25, 0.3) is 0 Å². The average molecular weight is 205 g/mol. The van der Waals surface area contributed by atoms with Gasteiger partial charge in [-0.3, -0.25) is 4.79 Å². The number of carbonyl (C=O) groups is 1. The molecule has 0 spiro atoms. The predicted octanol–water partition coefficient (Wildman–Crippen LogP) is 2.66. The minimum atomic E-state index is 0.342. The van der Waals surface area contributed by atoms with Crippen molar-refractivity contribution < 1.29 is 4.79 Å². The van der Waals surface area contributed by atoms with E-state index in [-0.39, 0.29) is 0 Å². The van der Waals surface area contributed by atoms with Gasteiger partial charge in [-0.2, -0.15) is 0 Å². The molecule has 1 unspecified atom stereocenters. The van der Waals surface area contributed by atoms with Crippen LogP contribution >= 0.6 is 0 Å². The monoisotopic (exact) mass is 205 g/mol. The van der Waals surface area contributed by atoms with Crippen molar-refractivity contribution in [2.75, 3.05) is 6.54 Å². The van der Waals surface area contributed by atoms with Crippen LogP contribution in [0.4, 0.5) is 0 Å². The van der Waals surface area contributed by atoms with Crippen molar-refractivity contribution in [1.82, 2.24) is 4.90 Å². The van der Waals surface area contributed by atoms with Gasteiger partial charge in [-0.25, -0.2) is 0 Å². The zero-order valence-corrected chi connectivity index (χ0v) is 9.19. The smallest absolute Gasteiger partial charge is 0.224 e. The maximum Gasteiger partial charge on any atom is 0.224 e. The lowest BCUT2D eigenvalue weighted by atomic mass is 9.96. The summed E-state index contributed by atoms with van der Waals surface area (Å²) in [5, 5.41) is 0. The SMILES string of the molecule is O=C1CC2CCC=CCCC=CCCN12. The van der Waals surface area contributed by atoms with Crippen LogP contribution in [0.5, 0.6) is 0 Å². The zero-order valence-electron chi connectivity index (χ0n) is 9.19. The zero-order chi connectivity index (χ0) is 10.5. The average Bonchev–Trinajstić information content (AvgIpc) is 2.22. The summed E-state index contributed by atoms with van der Waals surface area (Å²) < 4.78 is 0. The van der Waals surface area contributed by atoms with Gasteiger partial charge in [-0.05, 0) is 32.1 Å². The molecule has 2 heterocycles. The molecular weight excluding hydrogens is 186 g/mol. The first-order chi connectivity index (χ1) is 7.38. The normalized spacial score (nSPS) is 27.6. The van der Waals surface area contributed by atoms with Gasteiger partial charge in [0.05, 0.1) is 0 Å². The van der Waals surface area contributed by atoms with Crippen LogP contribution in [0, 0.1) is 0 Å². The van der Waals surface area contributed by atoms with Crippen LogP contribution in [-0.2, 0) is 4.79 Å². The minimum Gasteiger partial charge on any atom is -0.339 e. The van der Waals surface area contributed by atoms with Gasteiger partial charge in [-0.15, -0.1) is 0 Å². The highest BCUT2D eigenvalue weighted by Crippen LogP contribution is 2.24. The molecule has 1 atom stereocenters. The van der Waals surface area contributed by atoms with E-state index in [0.29, 0.717) is 11.9 Å². The van der Waals surface area contributed by atoms with Crippen molar-refractivity contribution in [3.05, 3.63) is 24.3 Å². The molecule has 82 valence electrons. The highest BCUT2D eigenvalue weighted by atomic mass is 16.2. The number of β-lactam (4-membered cyclic amide) rings is 1. The van der Waals surface area contributed by atoms with Gasteiger partial charge in [0.15, 0.2) is 0 Å². The fourth-order valence-corrected chi connectivity index (χ4v) is 2.25. The molecule has 2 aliphatic rings. The van der Waals surface area contributed by atoms with Crippen molar-refractivity contribution in [3.63, 3.8) is 0 Å². The summed E-state index contributed by atoms with van der Waals surface area (Å²) in [5.74, 6) is 0.342. The molecule has 0 aromatic carbocycles. The van der Waals surface area contributed by atoms with Crippen LogP contribution in [0.3, 0.4) is 0 Å². The summed E-state index contributed by atoms with van der Waals surface area (Å²) >= 11 is 0. The Morgan fingerprint density at radius 2 is 1.67 bits per heavy atom. The number of fused-ring (bicyclic) bond motifs is 1. The molecule has 2 rings (SSSR count). The Balaban J connectivity index is 1.90. The van der Waals surface area contributed by atoms with E-state index >= 15 is 0 Å². The largest absolute Gasteiger partial charge is 0.339 e. The van der Waals surface area contributed by atoms with Crippen LogP contribution in [0.15, 0.2) is 24.3 Å². The molecule has 0 aromatic rings. The molecule has 2 heteroatoms. The van der Waals surface area contributed by atoms with Crippen molar-refractivity contribution in [3.8, 4) is 0 Å². The van der Waals surface area contributed by atoms with Gasteiger partial charge in [0.2, 0.25) is 5.91 Å². The third-order valence-corrected chi connectivity index (χ3v) is 3.21. The first-order valence-electron chi connectivity index (χ1n) is 5.97. The molecule has 1 fully saturated rings. The number of hydrogen-bond donors (Lipinski definition) is 0. The van der Waals surface area contributed by atoms with Crippen molar-refractivity contribution in [2.45, 2.75) is 44.6 Å². The molecule has 0 radical (unpaired) electrons. The predicted molar refractivity (Wildman–Crippen MR) is 61.5 cm³/mol. The molecule has 0 aliphatic carbocycles. The highest BCUT2D eigenvalue weighted by Gasteiger charge is 2.34. The van der Waals surface area contributed by atoms with E-state index in [1.807, 2.05) is 4.90 Å². The topological polar surface area (TPSA) is 20.3 Å². The molecule has 1 saturated heterocycles. The molecule has 0 aromatic heterocycles. The molecular formula is C13H19NO. The molecule has 0 saturated carbocycles. The summed E-state index contributed by atoms with van der Waals surface area (Å²) in [5.41, 5.74) is 0. The summed E-state index contributed by atoms with van der Waals surface area (Å²) in [4.78, 5) is 13.4. The van der Waals surface area contributed by atoms with Gasteiger partial charge < -0.3 is 4.90 Å². The van der Waals surface area contributed by atoms with Crippen LogP contribution in [0.2, 0.25) is 0 Å². The lowest BCUT2D eigenvalue weighted by Crippen LogP contribution is -2.52. The number of amides is 1. The summed E-state index contributed by atoms with van der Waals surface area (Å²) in [6.07, 6.45) is 15.3. The molecule has 15 heavy (non-hydrogen) atoms. The van der Waals surface area contributed by atoms with Crippen molar-refractivity contribution in [2.24, 2.45) is 0 Å². The number of allylic oxidation sites excluding steroid dienone is 3. The number of nitrogens with zero attached hydrogens (tertiary/aromatic N) is 1. The van der Waals surface area contributed by atoms with Gasteiger partial charge in [-0.1, -0.05) is 24.3 Å². The summed E-state index contributed by atoms with van der Waals surface area (Å²) in [6.45, 7) is 0.920. The maximum atomic E-state index is 11.4. The lowest BCUT2D eigenvalue weighted by Gasteiger charge is -2.40. The third-order valence-electron chi connectivity index (χ3n) is 3.21. The first kappa shape index (κ1) is 10.5. The fourth-order valence-electron chi connectivity index (χ4n) is 2.25. The van der Waals surface area contributed by atoms with E-state index in [0.717, 1.165) is 45.1 Å². The van der Waals surface area contributed by atoms with E-state index in [4.69, 9.17) is 0 Å². The quantitative estimate of drug-likeness (QED) is 0.440.